The molecule has 1 aromatic carbocycles. The van der Waals surface area contributed by atoms with Crippen molar-refractivity contribution < 1.29 is 14.4 Å². The summed E-state index contributed by atoms with van der Waals surface area (Å²) in [6, 6.07) is 10.4. The van der Waals surface area contributed by atoms with Gasteiger partial charge in [0.05, 0.1) is 11.6 Å². The zero-order valence-corrected chi connectivity index (χ0v) is 14.4. The monoisotopic (exact) mass is 366 g/mol. The second-order valence-electron chi connectivity index (χ2n) is 6.49. The van der Waals surface area contributed by atoms with Gasteiger partial charge in [-0.1, -0.05) is 30.3 Å². The number of nitrogens with zero attached hydrogens (tertiary/aromatic N) is 3. The van der Waals surface area contributed by atoms with Crippen molar-refractivity contribution in [2.24, 2.45) is 5.92 Å². The minimum absolute atomic E-state index is 0.0964. The van der Waals surface area contributed by atoms with Gasteiger partial charge in [0.25, 0.3) is 5.91 Å². The molecule has 1 atom stereocenters. The predicted octanol–water partition coefficient (Wildman–Crippen LogP) is -0.0960. The molecular formula is C18H18N6O3. The summed E-state index contributed by atoms with van der Waals surface area (Å²) in [5, 5.41) is 7.30. The number of carbonyl (C=O) groups excluding carboxylic acids is 3. The Bertz CT molecular complexity index is 882. The molecule has 0 bridgehead atoms. The SMILES string of the molecule is O=C1NCC(NC(=O)C2CN(c3cc(-c4ccccc4)ncn3)C2)C(=O)N1. The second kappa shape index (κ2) is 7.02. The molecular weight excluding hydrogens is 348 g/mol. The molecule has 2 aromatic rings. The molecule has 2 aliphatic rings. The molecule has 2 fully saturated rings. The number of aromatic nitrogens is 2. The van der Waals surface area contributed by atoms with E-state index >= 15 is 0 Å². The Morgan fingerprint density at radius 3 is 2.67 bits per heavy atom. The highest BCUT2D eigenvalue weighted by atomic mass is 16.2. The number of anilines is 1. The van der Waals surface area contributed by atoms with Crippen LogP contribution in [0, 0.1) is 5.92 Å². The van der Waals surface area contributed by atoms with Crippen LogP contribution in [0.1, 0.15) is 0 Å². The molecule has 0 aliphatic carbocycles. The lowest BCUT2D eigenvalue weighted by Gasteiger charge is -2.39. The number of nitrogens with one attached hydrogen (secondary N) is 3. The maximum absolute atomic E-state index is 12.3. The lowest BCUT2D eigenvalue weighted by molar-refractivity contribution is -0.131. The molecule has 27 heavy (non-hydrogen) atoms. The van der Waals surface area contributed by atoms with E-state index in [1.807, 2.05) is 41.3 Å². The Morgan fingerprint density at radius 1 is 1.15 bits per heavy atom. The first-order chi connectivity index (χ1) is 13.1. The number of benzene rings is 1. The number of hydrogen-bond donors (Lipinski definition) is 3. The van der Waals surface area contributed by atoms with Crippen molar-refractivity contribution >= 4 is 23.7 Å². The summed E-state index contributed by atoms with van der Waals surface area (Å²) < 4.78 is 0. The summed E-state index contributed by atoms with van der Waals surface area (Å²) in [5.41, 5.74) is 1.82. The standard InChI is InChI=1S/C18H18N6O3/c25-16(22-14-7-19-18(27)23-17(14)26)12-8-24(9-12)15-6-13(20-10-21-15)11-4-2-1-3-5-11/h1-6,10,12,14H,7-9H2,(H,22,25)(H2,19,23,26,27). The Balaban J connectivity index is 1.35. The molecule has 0 radical (unpaired) electrons. The number of hydrogen-bond acceptors (Lipinski definition) is 6. The van der Waals surface area contributed by atoms with Crippen LogP contribution in [-0.4, -0.2) is 53.5 Å². The summed E-state index contributed by atoms with van der Waals surface area (Å²) >= 11 is 0. The van der Waals surface area contributed by atoms with Crippen LogP contribution in [0.3, 0.4) is 0 Å². The van der Waals surface area contributed by atoms with Crippen LogP contribution in [0.15, 0.2) is 42.7 Å². The van der Waals surface area contributed by atoms with E-state index in [1.165, 1.54) is 6.33 Å². The van der Waals surface area contributed by atoms with Gasteiger partial charge in [0.1, 0.15) is 18.2 Å². The maximum Gasteiger partial charge on any atom is 0.321 e. The van der Waals surface area contributed by atoms with Crippen LogP contribution in [0.2, 0.25) is 0 Å². The smallest absolute Gasteiger partial charge is 0.321 e. The van der Waals surface area contributed by atoms with Gasteiger partial charge in [-0.05, 0) is 0 Å². The molecule has 0 spiro atoms. The van der Waals surface area contributed by atoms with Crippen molar-refractivity contribution in [1.29, 1.82) is 0 Å². The highest BCUT2D eigenvalue weighted by Gasteiger charge is 2.36. The van der Waals surface area contributed by atoms with Crippen molar-refractivity contribution in [1.82, 2.24) is 25.9 Å². The average Bonchev–Trinajstić information content (AvgIpc) is 2.64. The lowest BCUT2D eigenvalue weighted by atomic mass is 9.98. The lowest BCUT2D eigenvalue weighted by Crippen LogP contribution is -2.63. The van der Waals surface area contributed by atoms with Gasteiger partial charge in [0.2, 0.25) is 5.91 Å². The van der Waals surface area contributed by atoms with E-state index in [0.717, 1.165) is 17.1 Å². The number of amides is 4. The third-order valence-electron chi connectivity index (χ3n) is 4.63. The Morgan fingerprint density at radius 2 is 1.93 bits per heavy atom. The minimum atomic E-state index is -0.743. The first-order valence-corrected chi connectivity index (χ1v) is 8.61. The van der Waals surface area contributed by atoms with Gasteiger partial charge < -0.3 is 15.5 Å². The fourth-order valence-corrected chi connectivity index (χ4v) is 3.06. The first kappa shape index (κ1) is 17.0. The van der Waals surface area contributed by atoms with Gasteiger partial charge in [-0.25, -0.2) is 14.8 Å². The summed E-state index contributed by atoms with van der Waals surface area (Å²) in [7, 11) is 0. The molecule has 3 N–H and O–H groups in total. The third kappa shape index (κ3) is 3.57. The van der Waals surface area contributed by atoms with E-state index in [0.29, 0.717) is 13.1 Å². The summed E-state index contributed by atoms with van der Waals surface area (Å²) in [4.78, 5) is 45.7. The number of rotatable bonds is 4. The molecule has 9 nitrogen and oxygen atoms in total. The largest absolute Gasteiger partial charge is 0.355 e. The van der Waals surface area contributed by atoms with E-state index in [9.17, 15) is 14.4 Å². The molecule has 4 amide bonds. The van der Waals surface area contributed by atoms with E-state index in [-0.39, 0.29) is 18.4 Å². The zero-order valence-electron chi connectivity index (χ0n) is 14.4. The molecule has 1 unspecified atom stereocenters. The second-order valence-corrected chi connectivity index (χ2v) is 6.49. The molecule has 0 saturated carbocycles. The summed E-state index contributed by atoms with van der Waals surface area (Å²) in [5.74, 6) is -0.174. The maximum atomic E-state index is 12.3. The van der Waals surface area contributed by atoms with Crippen LogP contribution in [-0.2, 0) is 9.59 Å². The van der Waals surface area contributed by atoms with Gasteiger partial charge in [0, 0.05) is 31.3 Å². The molecule has 138 valence electrons. The van der Waals surface area contributed by atoms with Crippen LogP contribution < -0.4 is 20.9 Å². The summed E-state index contributed by atoms with van der Waals surface area (Å²) in [6.45, 7) is 1.12. The van der Waals surface area contributed by atoms with E-state index in [4.69, 9.17) is 0 Å². The van der Waals surface area contributed by atoms with Crippen molar-refractivity contribution in [2.75, 3.05) is 24.5 Å². The Hall–Kier alpha value is -3.49. The Kier molecular flexibility index (Phi) is 4.41. The Labute approximate surface area is 155 Å². The van der Waals surface area contributed by atoms with Crippen LogP contribution in [0.4, 0.5) is 10.6 Å². The van der Waals surface area contributed by atoms with Crippen LogP contribution in [0.5, 0.6) is 0 Å². The molecule has 3 heterocycles. The number of urea groups is 1. The van der Waals surface area contributed by atoms with E-state index in [2.05, 4.69) is 25.9 Å². The fourth-order valence-electron chi connectivity index (χ4n) is 3.06. The molecule has 9 heteroatoms. The highest BCUT2D eigenvalue weighted by molar-refractivity contribution is 6.01. The van der Waals surface area contributed by atoms with Crippen molar-refractivity contribution in [3.05, 3.63) is 42.7 Å². The predicted molar refractivity (Wildman–Crippen MR) is 96.6 cm³/mol. The molecule has 4 rings (SSSR count). The zero-order chi connectivity index (χ0) is 18.8. The first-order valence-electron chi connectivity index (χ1n) is 8.61. The quantitative estimate of drug-likeness (QED) is 0.696. The molecule has 2 aliphatic heterocycles. The average molecular weight is 366 g/mol. The number of carbonyl (C=O) groups is 3. The van der Waals surface area contributed by atoms with Crippen LogP contribution >= 0.6 is 0 Å². The van der Waals surface area contributed by atoms with Gasteiger partial charge in [0.15, 0.2) is 0 Å². The minimum Gasteiger partial charge on any atom is -0.355 e. The van der Waals surface area contributed by atoms with Gasteiger partial charge in [-0.3, -0.25) is 14.9 Å². The van der Waals surface area contributed by atoms with Crippen molar-refractivity contribution in [2.45, 2.75) is 6.04 Å². The van der Waals surface area contributed by atoms with Crippen molar-refractivity contribution in [3.63, 3.8) is 0 Å². The topological polar surface area (TPSA) is 116 Å². The van der Waals surface area contributed by atoms with Gasteiger partial charge in [-0.2, -0.15) is 0 Å². The normalized spacial score (nSPS) is 19.7. The van der Waals surface area contributed by atoms with Gasteiger partial charge in [-0.15, -0.1) is 0 Å². The number of imide groups is 1. The molecule has 2 saturated heterocycles. The molecule has 1 aromatic heterocycles. The summed E-state index contributed by atoms with van der Waals surface area (Å²) in [6.07, 6.45) is 1.51. The van der Waals surface area contributed by atoms with Crippen LogP contribution in [0.25, 0.3) is 11.3 Å². The van der Waals surface area contributed by atoms with Crippen molar-refractivity contribution in [3.8, 4) is 11.3 Å². The third-order valence-corrected chi connectivity index (χ3v) is 4.63. The fraction of sp³-hybridized carbons (Fsp3) is 0.278. The highest BCUT2D eigenvalue weighted by Crippen LogP contribution is 2.26. The van der Waals surface area contributed by atoms with Gasteiger partial charge >= 0.3 is 6.03 Å². The van der Waals surface area contributed by atoms with E-state index < -0.39 is 18.0 Å². The van der Waals surface area contributed by atoms with E-state index in [1.54, 1.807) is 0 Å².